The third kappa shape index (κ3) is 3.44. The molecular formula is C19H21N3O3S2. The number of rotatable bonds is 4. The number of esters is 1. The Hall–Kier alpha value is -2.03. The Morgan fingerprint density at radius 1 is 1.37 bits per heavy atom. The summed E-state index contributed by atoms with van der Waals surface area (Å²) in [5, 5.41) is 4.69. The van der Waals surface area contributed by atoms with Crippen molar-refractivity contribution in [3.05, 3.63) is 39.1 Å². The molecule has 6 nitrogen and oxygen atoms in total. The van der Waals surface area contributed by atoms with Gasteiger partial charge in [-0.2, -0.15) is 0 Å². The summed E-state index contributed by atoms with van der Waals surface area (Å²) in [5.74, 6) is 0.525. The SMILES string of the molecule is COC(=O)C1CCN([C@H](C)c2nc3scc(-c4cccs4)c3c(=O)[nH]2)CC1. The standard InChI is InChI=1S/C19H21N3O3S2/c1-11(22-7-5-12(6-8-22)19(24)25-2)16-20-17(23)15-13(10-27-18(15)21-16)14-4-3-9-26-14/h3-4,9-12H,5-8H2,1-2H3,(H,20,21,23)/t11-/m1/s1. The fourth-order valence-corrected chi connectivity index (χ4v) is 5.41. The first kappa shape index (κ1) is 18.3. The molecule has 3 aromatic rings. The average molecular weight is 404 g/mol. The van der Waals surface area contributed by atoms with E-state index in [1.165, 1.54) is 18.4 Å². The number of carbonyl (C=O) groups excluding carboxylic acids is 1. The number of thiophene rings is 2. The topological polar surface area (TPSA) is 75.3 Å². The largest absolute Gasteiger partial charge is 0.469 e. The molecule has 1 saturated heterocycles. The van der Waals surface area contributed by atoms with Gasteiger partial charge in [-0.05, 0) is 44.3 Å². The number of fused-ring (bicyclic) bond motifs is 1. The van der Waals surface area contributed by atoms with Crippen LogP contribution in [-0.2, 0) is 9.53 Å². The zero-order valence-corrected chi connectivity index (χ0v) is 16.9. The van der Waals surface area contributed by atoms with Gasteiger partial charge >= 0.3 is 5.97 Å². The molecule has 0 bridgehead atoms. The lowest BCUT2D eigenvalue weighted by molar-refractivity contribution is -0.147. The third-order valence-electron chi connectivity index (χ3n) is 5.26. The van der Waals surface area contributed by atoms with Crippen molar-refractivity contribution in [2.24, 2.45) is 5.92 Å². The first-order chi connectivity index (χ1) is 13.1. The summed E-state index contributed by atoms with van der Waals surface area (Å²) in [5.41, 5.74) is 0.868. The Labute approximate surface area is 164 Å². The second-order valence-corrected chi connectivity index (χ2v) is 8.57. The summed E-state index contributed by atoms with van der Waals surface area (Å²) >= 11 is 3.13. The second-order valence-electron chi connectivity index (χ2n) is 6.77. The summed E-state index contributed by atoms with van der Waals surface area (Å²) in [6.45, 7) is 3.62. The van der Waals surface area contributed by atoms with Crippen molar-refractivity contribution in [2.75, 3.05) is 20.2 Å². The highest BCUT2D eigenvalue weighted by molar-refractivity contribution is 7.18. The highest BCUT2D eigenvalue weighted by Gasteiger charge is 2.29. The van der Waals surface area contributed by atoms with E-state index in [1.54, 1.807) is 11.3 Å². The van der Waals surface area contributed by atoms with Gasteiger partial charge in [0.2, 0.25) is 0 Å². The molecule has 0 aliphatic carbocycles. The predicted molar refractivity (Wildman–Crippen MR) is 108 cm³/mol. The van der Waals surface area contributed by atoms with Gasteiger partial charge in [0.1, 0.15) is 10.7 Å². The lowest BCUT2D eigenvalue weighted by atomic mass is 9.96. The van der Waals surface area contributed by atoms with E-state index in [4.69, 9.17) is 9.72 Å². The van der Waals surface area contributed by atoms with E-state index in [2.05, 4.69) is 16.8 Å². The molecule has 8 heteroatoms. The number of likely N-dealkylation sites (tertiary alicyclic amines) is 1. The molecule has 3 aromatic heterocycles. The fraction of sp³-hybridized carbons (Fsp3) is 0.421. The second kappa shape index (κ2) is 7.53. The number of nitrogens with zero attached hydrogens (tertiary/aromatic N) is 2. The molecule has 0 spiro atoms. The van der Waals surface area contributed by atoms with Crippen molar-refractivity contribution in [1.82, 2.24) is 14.9 Å². The Balaban J connectivity index is 1.58. The van der Waals surface area contributed by atoms with Crippen LogP contribution >= 0.6 is 22.7 Å². The number of carbonyl (C=O) groups is 1. The first-order valence-corrected chi connectivity index (χ1v) is 10.7. The van der Waals surface area contributed by atoms with Crippen LogP contribution in [0.15, 0.2) is 27.7 Å². The van der Waals surface area contributed by atoms with E-state index >= 15 is 0 Å². The normalized spacial score (nSPS) is 17.3. The molecule has 0 aromatic carbocycles. The molecular weight excluding hydrogens is 382 g/mol. The number of hydrogen-bond donors (Lipinski definition) is 1. The molecule has 1 N–H and O–H groups in total. The number of nitrogens with one attached hydrogen (secondary N) is 1. The van der Waals surface area contributed by atoms with E-state index in [1.807, 2.05) is 22.9 Å². The zero-order valence-electron chi connectivity index (χ0n) is 15.2. The maximum atomic E-state index is 12.8. The minimum Gasteiger partial charge on any atom is -0.469 e. The number of piperidine rings is 1. The zero-order chi connectivity index (χ0) is 19.0. The molecule has 0 amide bonds. The molecule has 1 fully saturated rings. The lowest BCUT2D eigenvalue weighted by Crippen LogP contribution is -2.39. The maximum absolute atomic E-state index is 12.8. The molecule has 1 aliphatic rings. The molecule has 27 heavy (non-hydrogen) atoms. The minimum absolute atomic E-state index is 0.00650. The van der Waals surface area contributed by atoms with Crippen LogP contribution in [0.4, 0.5) is 0 Å². The quantitative estimate of drug-likeness (QED) is 0.673. The number of aromatic nitrogens is 2. The summed E-state index contributed by atoms with van der Waals surface area (Å²) in [7, 11) is 1.44. The maximum Gasteiger partial charge on any atom is 0.308 e. The monoisotopic (exact) mass is 403 g/mol. The van der Waals surface area contributed by atoms with Gasteiger partial charge in [-0.1, -0.05) is 6.07 Å². The van der Waals surface area contributed by atoms with Gasteiger partial charge in [0.25, 0.3) is 5.56 Å². The summed E-state index contributed by atoms with van der Waals surface area (Å²) in [6, 6.07) is 4.00. The van der Waals surface area contributed by atoms with Gasteiger partial charge in [0.15, 0.2) is 0 Å². The molecule has 0 saturated carbocycles. The molecule has 0 radical (unpaired) electrons. The summed E-state index contributed by atoms with van der Waals surface area (Å²) in [6.07, 6.45) is 1.54. The van der Waals surface area contributed by atoms with Crippen molar-refractivity contribution in [3.63, 3.8) is 0 Å². The molecule has 0 unspecified atom stereocenters. The highest BCUT2D eigenvalue weighted by Crippen LogP contribution is 2.34. The van der Waals surface area contributed by atoms with Gasteiger partial charge in [-0.15, -0.1) is 22.7 Å². The highest BCUT2D eigenvalue weighted by atomic mass is 32.1. The average Bonchev–Trinajstić information content (AvgIpc) is 3.36. The van der Waals surface area contributed by atoms with Crippen LogP contribution in [0.3, 0.4) is 0 Å². The van der Waals surface area contributed by atoms with Gasteiger partial charge in [0.05, 0.1) is 24.5 Å². The first-order valence-electron chi connectivity index (χ1n) is 8.95. The van der Waals surface area contributed by atoms with Crippen LogP contribution < -0.4 is 5.56 Å². The van der Waals surface area contributed by atoms with E-state index in [0.717, 1.165) is 41.2 Å². The van der Waals surface area contributed by atoms with E-state index in [-0.39, 0.29) is 23.5 Å². The van der Waals surface area contributed by atoms with Crippen molar-refractivity contribution in [1.29, 1.82) is 0 Å². The van der Waals surface area contributed by atoms with E-state index in [0.29, 0.717) is 11.2 Å². The summed E-state index contributed by atoms with van der Waals surface area (Å²) in [4.78, 5) is 36.3. The van der Waals surface area contributed by atoms with Gasteiger partial charge in [-0.3, -0.25) is 14.5 Å². The molecule has 142 valence electrons. The van der Waals surface area contributed by atoms with Crippen LogP contribution in [0.1, 0.15) is 31.6 Å². The fourth-order valence-electron chi connectivity index (χ4n) is 3.64. The smallest absolute Gasteiger partial charge is 0.308 e. The Morgan fingerprint density at radius 3 is 2.81 bits per heavy atom. The molecule has 1 aliphatic heterocycles. The molecule has 4 heterocycles. The van der Waals surface area contributed by atoms with Crippen LogP contribution in [0, 0.1) is 5.92 Å². The number of methoxy groups -OCH3 is 1. The van der Waals surface area contributed by atoms with Crippen molar-refractivity contribution < 1.29 is 9.53 Å². The molecule has 4 rings (SSSR count). The van der Waals surface area contributed by atoms with Crippen LogP contribution in [0.25, 0.3) is 20.7 Å². The number of ether oxygens (including phenoxy) is 1. The number of hydrogen-bond acceptors (Lipinski definition) is 7. The van der Waals surface area contributed by atoms with Crippen LogP contribution in [-0.4, -0.2) is 41.0 Å². The van der Waals surface area contributed by atoms with Crippen LogP contribution in [0.2, 0.25) is 0 Å². The van der Waals surface area contributed by atoms with Crippen molar-refractivity contribution in [2.45, 2.75) is 25.8 Å². The third-order valence-corrected chi connectivity index (χ3v) is 7.03. The van der Waals surface area contributed by atoms with E-state index < -0.39 is 0 Å². The molecule has 1 atom stereocenters. The number of aromatic amines is 1. The predicted octanol–water partition coefficient (Wildman–Crippen LogP) is 3.66. The van der Waals surface area contributed by atoms with Crippen LogP contribution in [0.5, 0.6) is 0 Å². The van der Waals surface area contributed by atoms with Gasteiger partial charge in [0, 0.05) is 15.8 Å². The van der Waals surface area contributed by atoms with E-state index in [9.17, 15) is 9.59 Å². The van der Waals surface area contributed by atoms with Gasteiger partial charge < -0.3 is 9.72 Å². The summed E-state index contributed by atoms with van der Waals surface area (Å²) < 4.78 is 4.85. The van der Waals surface area contributed by atoms with Gasteiger partial charge in [-0.25, -0.2) is 4.98 Å². The minimum atomic E-state index is -0.130. The lowest BCUT2D eigenvalue weighted by Gasteiger charge is -2.34. The van der Waals surface area contributed by atoms with Crippen molar-refractivity contribution >= 4 is 38.9 Å². The number of H-pyrrole nitrogens is 1. The van der Waals surface area contributed by atoms with Crippen molar-refractivity contribution in [3.8, 4) is 10.4 Å². The Morgan fingerprint density at radius 2 is 2.15 bits per heavy atom. The Bertz CT molecular complexity index is 1000. The Kier molecular flexibility index (Phi) is 5.12.